The van der Waals surface area contributed by atoms with Crippen LogP contribution in [0.5, 0.6) is 0 Å². The number of fused-ring (bicyclic) bond motifs is 1. The van der Waals surface area contributed by atoms with Crippen molar-refractivity contribution in [2.75, 3.05) is 13.1 Å². The monoisotopic (exact) mass is 447 g/mol. The van der Waals surface area contributed by atoms with Crippen molar-refractivity contribution < 1.29 is 14.0 Å². The average molecular weight is 448 g/mol. The van der Waals surface area contributed by atoms with Gasteiger partial charge in [0.2, 0.25) is 5.91 Å². The third kappa shape index (κ3) is 4.37. The summed E-state index contributed by atoms with van der Waals surface area (Å²) >= 11 is 0. The lowest BCUT2D eigenvalue weighted by molar-refractivity contribution is -0.124. The average Bonchev–Trinajstić information content (AvgIpc) is 3.46. The third-order valence-electron chi connectivity index (χ3n) is 6.60. The molecule has 3 heterocycles. The van der Waals surface area contributed by atoms with Crippen molar-refractivity contribution >= 4 is 11.8 Å². The van der Waals surface area contributed by atoms with Gasteiger partial charge in [-0.15, -0.1) is 10.2 Å². The molecule has 1 atom stereocenters. The first kappa shape index (κ1) is 21.3. The van der Waals surface area contributed by atoms with Crippen LogP contribution in [0.4, 0.5) is 4.39 Å². The minimum atomic E-state index is -0.338. The Morgan fingerprint density at radius 1 is 0.970 bits per heavy atom. The zero-order valence-corrected chi connectivity index (χ0v) is 18.3. The lowest BCUT2D eigenvalue weighted by Gasteiger charge is -2.32. The molecule has 170 valence electrons. The highest BCUT2D eigenvalue weighted by Crippen LogP contribution is 2.34. The zero-order chi connectivity index (χ0) is 22.8. The fourth-order valence-corrected chi connectivity index (χ4v) is 4.78. The highest BCUT2D eigenvalue weighted by molar-refractivity contribution is 5.94. The molecule has 1 fully saturated rings. The fourth-order valence-electron chi connectivity index (χ4n) is 4.78. The van der Waals surface area contributed by atoms with Crippen molar-refractivity contribution in [3.63, 3.8) is 0 Å². The van der Waals surface area contributed by atoms with E-state index < -0.39 is 0 Å². The molecule has 1 unspecified atom stereocenters. The molecule has 5 rings (SSSR count). The van der Waals surface area contributed by atoms with Gasteiger partial charge in [-0.05, 0) is 49.1 Å². The van der Waals surface area contributed by atoms with Gasteiger partial charge in [0.25, 0.3) is 5.91 Å². The van der Waals surface area contributed by atoms with Crippen LogP contribution in [-0.2, 0) is 17.8 Å². The topological polar surface area (TPSA) is 80.1 Å². The molecule has 2 aromatic carbocycles. The van der Waals surface area contributed by atoms with Crippen LogP contribution in [0.15, 0.2) is 54.6 Å². The maximum atomic E-state index is 13.1. The van der Waals surface area contributed by atoms with Gasteiger partial charge in [0.15, 0.2) is 0 Å². The molecule has 0 spiro atoms. The van der Waals surface area contributed by atoms with Crippen molar-refractivity contribution in [3.8, 4) is 0 Å². The van der Waals surface area contributed by atoms with E-state index in [1.54, 1.807) is 12.1 Å². The summed E-state index contributed by atoms with van der Waals surface area (Å²) in [7, 11) is 0. The summed E-state index contributed by atoms with van der Waals surface area (Å²) < 4.78 is 15.1. The summed E-state index contributed by atoms with van der Waals surface area (Å²) in [5, 5.41) is 11.8. The van der Waals surface area contributed by atoms with E-state index in [-0.39, 0.29) is 29.6 Å². The second-order valence-electron chi connectivity index (χ2n) is 8.68. The molecule has 1 saturated heterocycles. The molecule has 3 aromatic rings. The Kier molecular flexibility index (Phi) is 5.90. The molecule has 2 aliphatic rings. The van der Waals surface area contributed by atoms with Crippen LogP contribution in [0.25, 0.3) is 0 Å². The lowest BCUT2D eigenvalue weighted by atomic mass is 9.95. The molecule has 0 aliphatic carbocycles. The fraction of sp³-hybridized carbons (Fsp3) is 0.360. The summed E-state index contributed by atoms with van der Waals surface area (Å²) in [5.74, 6) is 1.54. The SMILES string of the molecule is O=C(NCc1ccc(F)cc1)C1CCc2nnc(C3CCN(C(=O)c4ccccc4)CC3)n21. The number of benzene rings is 2. The van der Waals surface area contributed by atoms with Gasteiger partial charge in [-0.25, -0.2) is 4.39 Å². The molecule has 1 aromatic heterocycles. The molecule has 7 nitrogen and oxygen atoms in total. The van der Waals surface area contributed by atoms with Gasteiger partial charge in [-0.2, -0.15) is 0 Å². The molecular formula is C25H26FN5O2. The summed E-state index contributed by atoms with van der Waals surface area (Å²) in [6.45, 7) is 1.66. The number of nitrogens with zero attached hydrogens (tertiary/aromatic N) is 4. The number of carbonyl (C=O) groups excluding carboxylic acids is 2. The number of piperidine rings is 1. The van der Waals surface area contributed by atoms with Gasteiger partial charge in [0.05, 0.1) is 0 Å². The number of carbonyl (C=O) groups is 2. The van der Waals surface area contributed by atoms with E-state index in [1.165, 1.54) is 12.1 Å². The molecule has 8 heteroatoms. The van der Waals surface area contributed by atoms with E-state index in [4.69, 9.17) is 0 Å². The predicted octanol–water partition coefficient (Wildman–Crippen LogP) is 3.24. The van der Waals surface area contributed by atoms with Crippen molar-refractivity contribution in [1.29, 1.82) is 0 Å². The van der Waals surface area contributed by atoms with E-state index in [1.807, 2.05) is 39.8 Å². The Morgan fingerprint density at radius 3 is 2.42 bits per heavy atom. The van der Waals surface area contributed by atoms with Crippen LogP contribution in [0.2, 0.25) is 0 Å². The van der Waals surface area contributed by atoms with Crippen LogP contribution in [-0.4, -0.2) is 44.6 Å². The Morgan fingerprint density at radius 2 is 1.70 bits per heavy atom. The molecule has 33 heavy (non-hydrogen) atoms. The Balaban J connectivity index is 1.23. The highest BCUT2D eigenvalue weighted by Gasteiger charge is 2.36. The summed E-state index contributed by atoms with van der Waals surface area (Å²) in [6.07, 6.45) is 2.99. The molecule has 2 amide bonds. The number of aromatic nitrogens is 3. The van der Waals surface area contributed by atoms with Gasteiger partial charge in [0, 0.05) is 37.5 Å². The van der Waals surface area contributed by atoms with Gasteiger partial charge < -0.3 is 14.8 Å². The van der Waals surface area contributed by atoms with Crippen LogP contribution >= 0.6 is 0 Å². The third-order valence-corrected chi connectivity index (χ3v) is 6.60. The minimum Gasteiger partial charge on any atom is -0.350 e. The first-order chi connectivity index (χ1) is 16.1. The quantitative estimate of drug-likeness (QED) is 0.651. The van der Waals surface area contributed by atoms with Crippen LogP contribution in [0, 0.1) is 5.82 Å². The minimum absolute atomic E-state index is 0.0542. The van der Waals surface area contributed by atoms with Crippen molar-refractivity contribution in [2.45, 2.75) is 44.2 Å². The number of halogens is 1. The number of hydrogen-bond acceptors (Lipinski definition) is 4. The summed E-state index contributed by atoms with van der Waals surface area (Å²) in [5.41, 5.74) is 1.56. The Hall–Kier alpha value is -3.55. The van der Waals surface area contributed by atoms with E-state index in [2.05, 4.69) is 15.5 Å². The van der Waals surface area contributed by atoms with Gasteiger partial charge in [0.1, 0.15) is 23.5 Å². The van der Waals surface area contributed by atoms with Crippen LogP contribution < -0.4 is 5.32 Å². The maximum absolute atomic E-state index is 13.1. The first-order valence-electron chi connectivity index (χ1n) is 11.4. The number of amides is 2. The van der Waals surface area contributed by atoms with Crippen molar-refractivity contribution in [1.82, 2.24) is 25.0 Å². The second-order valence-corrected chi connectivity index (χ2v) is 8.68. The molecule has 2 aliphatic heterocycles. The summed E-state index contributed by atoms with van der Waals surface area (Å²) in [4.78, 5) is 27.6. The number of likely N-dealkylation sites (tertiary alicyclic amines) is 1. The summed E-state index contributed by atoms with van der Waals surface area (Å²) in [6, 6.07) is 15.1. The molecular weight excluding hydrogens is 421 g/mol. The largest absolute Gasteiger partial charge is 0.350 e. The van der Waals surface area contributed by atoms with Gasteiger partial charge in [-0.1, -0.05) is 30.3 Å². The highest BCUT2D eigenvalue weighted by atomic mass is 19.1. The smallest absolute Gasteiger partial charge is 0.253 e. The Labute approximate surface area is 191 Å². The van der Waals surface area contributed by atoms with E-state index in [0.717, 1.165) is 30.1 Å². The molecule has 0 saturated carbocycles. The standard InChI is InChI=1S/C25H26FN5O2/c26-20-8-6-17(7-9-20)16-27-24(32)21-10-11-22-28-29-23(31(21)22)18-12-14-30(15-13-18)25(33)19-4-2-1-3-5-19/h1-9,18,21H,10-16H2,(H,27,32). The molecule has 0 radical (unpaired) electrons. The van der Waals surface area contributed by atoms with Gasteiger partial charge in [-0.3, -0.25) is 9.59 Å². The predicted molar refractivity (Wildman–Crippen MR) is 120 cm³/mol. The lowest BCUT2D eigenvalue weighted by Crippen LogP contribution is -2.39. The zero-order valence-electron chi connectivity index (χ0n) is 18.3. The first-order valence-corrected chi connectivity index (χ1v) is 11.4. The van der Waals surface area contributed by atoms with Crippen LogP contribution in [0.1, 0.15) is 58.8 Å². The van der Waals surface area contributed by atoms with Gasteiger partial charge >= 0.3 is 0 Å². The normalized spacial score (nSPS) is 18.2. The number of hydrogen-bond donors (Lipinski definition) is 1. The Bertz CT molecular complexity index is 1140. The number of aryl methyl sites for hydroxylation is 1. The van der Waals surface area contributed by atoms with Crippen molar-refractivity contribution in [3.05, 3.63) is 83.2 Å². The number of rotatable bonds is 5. The van der Waals surface area contributed by atoms with E-state index in [9.17, 15) is 14.0 Å². The van der Waals surface area contributed by atoms with E-state index in [0.29, 0.717) is 38.0 Å². The van der Waals surface area contributed by atoms with Crippen molar-refractivity contribution in [2.24, 2.45) is 0 Å². The van der Waals surface area contributed by atoms with E-state index >= 15 is 0 Å². The molecule has 1 N–H and O–H groups in total. The molecule has 0 bridgehead atoms. The maximum Gasteiger partial charge on any atom is 0.253 e. The number of nitrogens with one attached hydrogen (secondary N) is 1. The van der Waals surface area contributed by atoms with Crippen LogP contribution in [0.3, 0.4) is 0 Å². The second kappa shape index (κ2) is 9.13.